The molecule has 0 spiro atoms. The largest absolute Gasteiger partial charge is 0.488 e. The van der Waals surface area contributed by atoms with Crippen molar-refractivity contribution in [2.75, 3.05) is 10.6 Å². The third-order valence-corrected chi connectivity index (χ3v) is 4.68. The maximum atomic E-state index is 12.6. The van der Waals surface area contributed by atoms with Crippen LogP contribution in [0.25, 0.3) is 0 Å². The zero-order valence-corrected chi connectivity index (χ0v) is 16.1. The maximum absolute atomic E-state index is 12.6. The number of anilines is 2. The fourth-order valence-electron chi connectivity index (χ4n) is 2.39. The lowest BCUT2D eigenvalue weighted by Gasteiger charge is -2.12. The van der Waals surface area contributed by atoms with Crippen molar-refractivity contribution in [2.45, 2.75) is 13.5 Å². The van der Waals surface area contributed by atoms with Crippen LogP contribution in [0.2, 0.25) is 5.02 Å². The Morgan fingerprint density at radius 1 is 1.04 bits per heavy atom. The van der Waals surface area contributed by atoms with Gasteiger partial charge in [0.1, 0.15) is 12.4 Å². The molecule has 3 aromatic rings. The molecule has 0 saturated carbocycles. The second-order valence-corrected chi connectivity index (χ2v) is 7.19. The second-order valence-electron chi connectivity index (χ2n) is 5.72. The van der Waals surface area contributed by atoms with Crippen molar-refractivity contribution < 1.29 is 14.3 Å². The monoisotopic (exact) mass is 400 g/mol. The molecule has 2 aromatic carbocycles. The molecule has 7 heteroatoms. The Balaban J connectivity index is 1.73. The van der Waals surface area contributed by atoms with Gasteiger partial charge in [-0.05, 0) is 47.8 Å². The molecule has 0 aliphatic heterocycles. The molecule has 1 aromatic heterocycles. The van der Waals surface area contributed by atoms with Crippen molar-refractivity contribution in [3.8, 4) is 5.75 Å². The summed E-state index contributed by atoms with van der Waals surface area (Å²) < 4.78 is 5.74. The number of thiophene rings is 1. The molecular formula is C20H17ClN2O3S. The number of nitrogens with one attached hydrogen (secondary N) is 2. The molecule has 0 aliphatic rings. The van der Waals surface area contributed by atoms with Gasteiger partial charge in [0.2, 0.25) is 5.91 Å². The van der Waals surface area contributed by atoms with Crippen LogP contribution in [-0.4, -0.2) is 11.8 Å². The van der Waals surface area contributed by atoms with Crippen LogP contribution in [0.15, 0.2) is 60.0 Å². The molecule has 0 unspecified atom stereocenters. The summed E-state index contributed by atoms with van der Waals surface area (Å²) in [6.45, 7) is 1.85. The predicted molar refractivity (Wildman–Crippen MR) is 109 cm³/mol. The average Bonchev–Trinajstić information content (AvgIpc) is 3.16. The number of rotatable bonds is 6. The molecule has 2 amide bonds. The molecule has 138 valence electrons. The lowest BCUT2D eigenvalue weighted by molar-refractivity contribution is -0.114. The number of hydrogen-bond donors (Lipinski definition) is 2. The van der Waals surface area contributed by atoms with Crippen molar-refractivity contribution in [3.05, 3.63) is 75.4 Å². The first kappa shape index (κ1) is 18.9. The molecule has 5 nitrogen and oxygen atoms in total. The first-order valence-corrected chi connectivity index (χ1v) is 9.41. The van der Waals surface area contributed by atoms with Gasteiger partial charge in [0.05, 0.1) is 11.4 Å². The minimum absolute atomic E-state index is 0.239. The van der Waals surface area contributed by atoms with Gasteiger partial charge in [-0.1, -0.05) is 23.7 Å². The van der Waals surface area contributed by atoms with Gasteiger partial charge in [-0.3, -0.25) is 9.59 Å². The van der Waals surface area contributed by atoms with E-state index in [0.717, 1.165) is 4.88 Å². The predicted octanol–water partition coefficient (Wildman–Crippen LogP) is 5.19. The summed E-state index contributed by atoms with van der Waals surface area (Å²) in [5, 5.41) is 7.88. The van der Waals surface area contributed by atoms with Crippen LogP contribution in [0.1, 0.15) is 22.2 Å². The van der Waals surface area contributed by atoms with Crippen LogP contribution < -0.4 is 15.4 Å². The number of ether oxygens (including phenoxy) is 1. The zero-order valence-electron chi connectivity index (χ0n) is 14.5. The van der Waals surface area contributed by atoms with E-state index in [9.17, 15) is 9.59 Å². The van der Waals surface area contributed by atoms with Crippen LogP contribution in [0.4, 0.5) is 11.4 Å². The van der Waals surface area contributed by atoms with Crippen LogP contribution in [-0.2, 0) is 11.4 Å². The Kier molecular flexibility index (Phi) is 6.11. The number of benzene rings is 2. The van der Waals surface area contributed by atoms with Gasteiger partial charge in [-0.25, -0.2) is 0 Å². The third-order valence-electron chi connectivity index (χ3n) is 3.60. The lowest BCUT2D eigenvalue weighted by atomic mass is 10.2. The molecule has 3 rings (SSSR count). The fraction of sp³-hybridized carbons (Fsp3) is 0.100. The summed E-state index contributed by atoms with van der Waals surface area (Å²) in [7, 11) is 0. The quantitative estimate of drug-likeness (QED) is 0.598. The van der Waals surface area contributed by atoms with E-state index < -0.39 is 0 Å². The average molecular weight is 401 g/mol. The Hall–Kier alpha value is -2.83. The van der Waals surface area contributed by atoms with Crippen molar-refractivity contribution in [1.82, 2.24) is 0 Å². The smallest absolute Gasteiger partial charge is 0.255 e. The van der Waals surface area contributed by atoms with Crippen LogP contribution in [0.5, 0.6) is 5.75 Å². The van der Waals surface area contributed by atoms with Gasteiger partial charge in [-0.2, -0.15) is 0 Å². The van der Waals surface area contributed by atoms with Gasteiger partial charge in [0, 0.05) is 22.4 Å². The molecule has 0 atom stereocenters. The van der Waals surface area contributed by atoms with E-state index in [1.165, 1.54) is 6.92 Å². The van der Waals surface area contributed by atoms with E-state index in [1.54, 1.807) is 53.8 Å². The van der Waals surface area contributed by atoms with Gasteiger partial charge in [-0.15, -0.1) is 11.3 Å². The molecule has 0 radical (unpaired) electrons. The van der Waals surface area contributed by atoms with Crippen LogP contribution in [0.3, 0.4) is 0 Å². The minimum Gasteiger partial charge on any atom is -0.488 e. The normalized spacial score (nSPS) is 10.3. The summed E-state index contributed by atoms with van der Waals surface area (Å²) >= 11 is 7.63. The number of halogens is 1. The van der Waals surface area contributed by atoms with Crippen LogP contribution in [0, 0.1) is 0 Å². The molecule has 0 saturated heterocycles. The molecule has 0 fully saturated rings. The van der Waals surface area contributed by atoms with E-state index in [4.69, 9.17) is 16.3 Å². The number of carbonyl (C=O) groups is 2. The Labute approximate surface area is 165 Å². The molecular weight excluding hydrogens is 384 g/mol. The molecule has 2 N–H and O–H groups in total. The number of carbonyl (C=O) groups excluding carboxylic acids is 2. The van der Waals surface area contributed by atoms with E-state index in [2.05, 4.69) is 10.6 Å². The summed E-state index contributed by atoms with van der Waals surface area (Å²) in [6, 6.07) is 15.7. The highest BCUT2D eigenvalue weighted by atomic mass is 35.5. The van der Waals surface area contributed by atoms with E-state index >= 15 is 0 Å². The topological polar surface area (TPSA) is 67.4 Å². The molecule has 27 heavy (non-hydrogen) atoms. The van der Waals surface area contributed by atoms with Gasteiger partial charge in [0.25, 0.3) is 5.91 Å². The minimum atomic E-state index is -0.328. The summed E-state index contributed by atoms with van der Waals surface area (Å²) in [6.07, 6.45) is 0. The number of hydrogen-bond acceptors (Lipinski definition) is 4. The molecule has 1 heterocycles. The van der Waals surface area contributed by atoms with Gasteiger partial charge < -0.3 is 15.4 Å². The standard InChI is InChI=1S/C20H17ClN2O3S/c1-13(24)22-18-8-7-15(21)11-19(18)23-20(25)14-4-2-5-16(10-14)26-12-17-6-3-9-27-17/h2-11H,12H2,1H3,(H,22,24)(H,23,25). The first-order chi connectivity index (χ1) is 13.0. The lowest BCUT2D eigenvalue weighted by Crippen LogP contribution is -2.15. The summed E-state index contributed by atoms with van der Waals surface area (Å²) in [5.74, 6) is 0.0338. The fourth-order valence-corrected chi connectivity index (χ4v) is 3.18. The highest BCUT2D eigenvalue weighted by Crippen LogP contribution is 2.27. The van der Waals surface area contributed by atoms with Crippen molar-refractivity contribution in [3.63, 3.8) is 0 Å². The Morgan fingerprint density at radius 3 is 2.63 bits per heavy atom. The Morgan fingerprint density at radius 2 is 1.89 bits per heavy atom. The second kappa shape index (κ2) is 8.70. The highest BCUT2D eigenvalue weighted by Gasteiger charge is 2.12. The molecule has 0 bridgehead atoms. The van der Waals surface area contributed by atoms with E-state index in [1.807, 2.05) is 17.5 Å². The van der Waals surface area contributed by atoms with Crippen molar-refractivity contribution in [2.24, 2.45) is 0 Å². The highest BCUT2D eigenvalue weighted by molar-refractivity contribution is 7.09. The van der Waals surface area contributed by atoms with Crippen molar-refractivity contribution in [1.29, 1.82) is 0 Å². The maximum Gasteiger partial charge on any atom is 0.255 e. The van der Waals surface area contributed by atoms with Crippen molar-refractivity contribution >= 4 is 46.1 Å². The third kappa shape index (κ3) is 5.32. The molecule has 0 aliphatic carbocycles. The SMILES string of the molecule is CC(=O)Nc1ccc(Cl)cc1NC(=O)c1cccc(OCc2cccs2)c1. The Bertz CT molecular complexity index is 958. The van der Waals surface area contributed by atoms with E-state index in [0.29, 0.717) is 34.3 Å². The van der Waals surface area contributed by atoms with E-state index in [-0.39, 0.29) is 11.8 Å². The summed E-state index contributed by atoms with van der Waals surface area (Å²) in [4.78, 5) is 25.1. The van der Waals surface area contributed by atoms with Crippen LogP contribution >= 0.6 is 22.9 Å². The first-order valence-electron chi connectivity index (χ1n) is 8.15. The zero-order chi connectivity index (χ0) is 19.2. The van der Waals surface area contributed by atoms with Gasteiger partial charge in [0.15, 0.2) is 0 Å². The summed E-state index contributed by atoms with van der Waals surface area (Å²) in [5.41, 5.74) is 1.34. The number of amides is 2. The van der Waals surface area contributed by atoms with Gasteiger partial charge >= 0.3 is 0 Å².